The van der Waals surface area contributed by atoms with Crippen molar-refractivity contribution in [2.45, 2.75) is 25.7 Å². The lowest BCUT2D eigenvalue weighted by Crippen LogP contribution is -2.28. The van der Waals surface area contributed by atoms with Crippen LogP contribution in [-0.4, -0.2) is 54.9 Å². The van der Waals surface area contributed by atoms with Crippen molar-refractivity contribution < 1.29 is 32.1 Å². The summed E-state index contributed by atoms with van der Waals surface area (Å²) in [6.07, 6.45) is 3.97. The topological polar surface area (TPSA) is 96.1 Å². The van der Waals surface area contributed by atoms with Gasteiger partial charge in [0.2, 0.25) is 5.69 Å². The molecule has 0 fully saturated rings. The number of hydrogen-bond acceptors (Lipinski definition) is 5. The summed E-state index contributed by atoms with van der Waals surface area (Å²) in [7, 11) is -0.992. The minimum Gasteiger partial charge on any atom is -0.507 e. The predicted molar refractivity (Wildman–Crippen MR) is 121 cm³/mol. The Labute approximate surface area is 183 Å². The Morgan fingerprint density at radius 1 is 1.10 bits per heavy atom. The molecule has 2 aromatic rings. The summed E-state index contributed by atoms with van der Waals surface area (Å²) in [5, 5.41) is 10.5. The molecule has 0 aromatic heterocycles. The van der Waals surface area contributed by atoms with E-state index in [9.17, 15) is 13.5 Å². The Hall–Kier alpha value is -2.84. The fourth-order valence-corrected chi connectivity index (χ4v) is 4.48. The average Bonchev–Trinajstić information content (AvgIpc) is 2.92. The molecule has 0 amide bonds. The van der Waals surface area contributed by atoms with Gasteiger partial charge >= 0.3 is 0 Å². The summed E-state index contributed by atoms with van der Waals surface area (Å²) in [4.78, 5) is 0. The second-order valence-electron chi connectivity index (χ2n) is 7.91. The number of benzene rings is 2. The van der Waals surface area contributed by atoms with Crippen LogP contribution in [0.5, 0.6) is 17.2 Å². The summed E-state index contributed by atoms with van der Waals surface area (Å²) >= 11 is 0. The molecule has 0 saturated carbocycles. The highest BCUT2D eigenvalue weighted by Crippen LogP contribution is 2.41. The lowest BCUT2D eigenvalue weighted by Gasteiger charge is -2.15. The number of allylic oxidation sites excluding steroid dienone is 1. The molecule has 0 spiro atoms. The summed E-state index contributed by atoms with van der Waals surface area (Å²) in [5.74, 6) is 0.676. The quantitative estimate of drug-likeness (QED) is 0.473. The zero-order chi connectivity index (χ0) is 22.8. The minimum absolute atomic E-state index is 0.0271. The number of hydrogen-bond donors (Lipinski definition) is 2. The monoisotopic (exact) mass is 446 g/mol. The van der Waals surface area contributed by atoms with E-state index in [1.54, 1.807) is 12.1 Å². The van der Waals surface area contributed by atoms with Gasteiger partial charge in [-0.25, -0.2) is 0 Å². The molecule has 1 aliphatic rings. The lowest BCUT2D eigenvalue weighted by molar-refractivity contribution is -0.437. The van der Waals surface area contributed by atoms with Gasteiger partial charge < -0.3 is 14.6 Å². The molecule has 166 valence electrons. The molecule has 0 aliphatic carbocycles. The maximum absolute atomic E-state index is 11.2. The molecule has 7 nitrogen and oxygen atoms in total. The van der Waals surface area contributed by atoms with Crippen molar-refractivity contribution in [3.63, 3.8) is 0 Å². The molecule has 0 unspecified atom stereocenters. The molecule has 8 heteroatoms. The first-order valence-electron chi connectivity index (χ1n) is 9.91. The van der Waals surface area contributed by atoms with Crippen molar-refractivity contribution in [1.82, 2.24) is 0 Å². The molecule has 0 atom stereocenters. The number of nitrogens with zero attached hydrogens (tertiary/aromatic N) is 1. The largest absolute Gasteiger partial charge is 0.507 e. The lowest BCUT2D eigenvalue weighted by atomic mass is 9.81. The van der Waals surface area contributed by atoms with Gasteiger partial charge in [0.15, 0.2) is 5.71 Å². The number of para-hydroxylation sites is 1. The maximum atomic E-state index is 11.2. The molecule has 1 aliphatic heterocycles. The van der Waals surface area contributed by atoms with Gasteiger partial charge in [0.05, 0.1) is 31.0 Å². The zero-order valence-corrected chi connectivity index (χ0v) is 18.9. The highest BCUT2D eigenvalue weighted by atomic mass is 32.2. The van der Waals surface area contributed by atoms with Crippen LogP contribution in [0.1, 0.15) is 31.4 Å². The third-order valence-corrected chi connectivity index (χ3v) is 6.35. The molecule has 0 saturated heterocycles. The van der Waals surface area contributed by atoms with Crippen molar-refractivity contribution in [2.24, 2.45) is 0 Å². The summed E-state index contributed by atoms with van der Waals surface area (Å²) in [5.41, 5.74) is 3.23. The van der Waals surface area contributed by atoms with Crippen LogP contribution in [0, 0.1) is 0 Å². The number of ether oxygens (including phenoxy) is 2. The standard InChI is InChI=1S/C23H27NO6S/c1-23(2)18-8-5-6-9-19(18)24(12-7-13-31(26,27)28)22(23)11-10-17-20(25)14-16(29-3)15-21(17)30-4/h5-6,8-11,14-15H,7,12-13H2,1-4H3,(H,26,27,28)/p+1. The number of aromatic hydroxyl groups is 1. The van der Waals surface area contributed by atoms with Crippen LogP contribution in [0.3, 0.4) is 0 Å². The van der Waals surface area contributed by atoms with E-state index in [0.717, 1.165) is 17.0 Å². The SMILES string of the molecule is COc1cc(O)c(/C=C/C2=[N+](CCCS(=O)(=O)O)c3ccccc3C2(C)C)c(OC)c1. The number of phenols is 1. The van der Waals surface area contributed by atoms with Gasteiger partial charge in [0, 0.05) is 36.3 Å². The fraction of sp³-hybridized carbons (Fsp3) is 0.348. The van der Waals surface area contributed by atoms with E-state index in [1.807, 2.05) is 24.3 Å². The second-order valence-corrected chi connectivity index (χ2v) is 9.49. The Kier molecular flexibility index (Phi) is 6.43. The molecule has 3 rings (SSSR count). The van der Waals surface area contributed by atoms with Crippen LogP contribution in [0.15, 0.2) is 42.5 Å². The molecule has 2 N–H and O–H groups in total. The van der Waals surface area contributed by atoms with Crippen LogP contribution < -0.4 is 9.47 Å². The number of rotatable bonds is 8. The van der Waals surface area contributed by atoms with E-state index in [0.29, 0.717) is 23.6 Å². The third kappa shape index (κ3) is 4.75. The van der Waals surface area contributed by atoms with Crippen LogP contribution in [0.2, 0.25) is 0 Å². The Morgan fingerprint density at radius 3 is 2.45 bits per heavy atom. The van der Waals surface area contributed by atoms with E-state index < -0.39 is 10.1 Å². The van der Waals surface area contributed by atoms with Crippen LogP contribution in [0.4, 0.5) is 5.69 Å². The van der Waals surface area contributed by atoms with E-state index in [1.165, 1.54) is 20.3 Å². The molecular formula is C23H28NO6S+. The van der Waals surface area contributed by atoms with Gasteiger partial charge in [0.25, 0.3) is 10.1 Å². The smallest absolute Gasteiger partial charge is 0.265 e. The molecule has 0 bridgehead atoms. The van der Waals surface area contributed by atoms with Gasteiger partial charge in [-0.1, -0.05) is 18.2 Å². The van der Waals surface area contributed by atoms with Crippen LogP contribution in [0.25, 0.3) is 6.08 Å². The first kappa shape index (κ1) is 22.8. The van der Waals surface area contributed by atoms with Crippen LogP contribution in [-0.2, 0) is 15.5 Å². The zero-order valence-electron chi connectivity index (χ0n) is 18.1. The Morgan fingerprint density at radius 2 is 1.81 bits per heavy atom. The van der Waals surface area contributed by atoms with E-state index in [-0.39, 0.29) is 23.3 Å². The van der Waals surface area contributed by atoms with Gasteiger partial charge in [-0.05, 0) is 19.9 Å². The highest BCUT2D eigenvalue weighted by molar-refractivity contribution is 7.85. The van der Waals surface area contributed by atoms with Crippen molar-refractivity contribution in [3.8, 4) is 17.2 Å². The van der Waals surface area contributed by atoms with E-state index in [2.05, 4.69) is 24.5 Å². The molecule has 1 heterocycles. The Balaban J connectivity index is 2.06. The second kappa shape index (κ2) is 8.72. The maximum Gasteiger partial charge on any atom is 0.265 e. The highest BCUT2D eigenvalue weighted by Gasteiger charge is 2.43. The number of fused-ring (bicyclic) bond motifs is 1. The van der Waals surface area contributed by atoms with Gasteiger partial charge in [-0.3, -0.25) is 4.55 Å². The number of phenolic OH excluding ortho intramolecular Hbond substituents is 1. The van der Waals surface area contributed by atoms with Gasteiger partial charge in [0.1, 0.15) is 23.8 Å². The molecule has 31 heavy (non-hydrogen) atoms. The van der Waals surface area contributed by atoms with Crippen molar-refractivity contribution in [3.05, 3.63) is 53.6 Å². The third-order valence-electron chi connectivity index (χ3n) is 5.54. The van der Waals surface area contributed by atoms with Gasteiger partial charge in [-0.2, -0.15) is 13.0 Å². The summed E-state index contributed by atoms with van der Waals surface area (Å²) in [6, 6.07) is 11.2. The van der Waals surface area contributed by atoms with Crippen molar-refractivity contribution in [2.75, 3.05) is 26.5 Å². The van der Waals surface area contributed by atoms with Crippen molar-refractivity contribution in [1.29, 1.82) is 0 Å². The predicted octanol–water partition coefficient (Wildman–Crippen LogP) is 3.78. The fourth-order valence-electron chi connectivity index (χ4n) is 3.99. The first-order valence-corrected chi connectivity index (χ1v) is 11.5. The van der Waals surface area contributed by atoms with Crippen LogP contribution >= 0.6 is 0 Å². The Bertz CT molecular complexity index is 1150. The summed E-state index contributed by atoms with van der Waals surface area (Å²) in [6.45, 7) is 4.62. The normalized spacial score (nSPS) is 15.4. The molecule has 0 radical (unpaired) electrons. The minimum atomic E-state index is -4.03. The van der Waals surface area contributed by atoms with Crippen molar-refractivity contribution >= 4 is 27.6 Å². The van der Waals surface area contributed by atoms with Gasteiger partial charge in [-0.15, -0.1) is 0 Å². The number of methoxy groups -OCH3 is 2. The molecule has 2 aromatic carbocycles. The molecular weight excluding hydrogens is 418 g/mol. The summed E-state index contributed by atoms with van der Waals surface area (Å²) < 4.78 is 44.2. The van der Waals surface area contributed by atoms with E-state index >= 15 is 0 Å². The average molecular weight is 447 g/mol. The first-order chi connectivity index (χ1) is 14.6. The van der Waals surface area contributed by atoms with E-state index in [4.69, 9.17) is 14.0 Å².